The van der Waals surface area contributed by atoms with Crippen molar-refractivity contribution in [2.24, 2.45) is 0 Å². The van der Waals surface area contributed by atoms with Crippen molar-refractivity contribution in [2.75, 3.05) is 11.5 Å². The van der Waals surface area contributed by atoms with Crippen LogP contribution in [0.25, 0.3) is 11.1 Å². The van der Waals surface area contributed by atoms with Crippen LogP contribution in [0.5, 0.6) is 0 Å². The SMILES string of the molecule is Nc1ccc(-c2ccc(N)c(S(=O)(=O)O)c2S(=O)(=O)O)cc1. The van der Waals surface area contributed by atoms with Crippen LogP contribution in [0.4, 0.5) is 11.4 Å². The van der Waals surface area contributed by atoms with Crippen LogP contribution in [-0.4, -0.2) is 25.9 Å². The molecule has 0 heterocycles. The molecule has 8 nitrogen and oxygen atoms in total. The van der Waals surface area contributed by atoms with E-state index in [0.29, 0.717) is 5.69 Å². The summed E-state index contributed by atoms with van der Waals surface area (Å²) >= 11 is 0. The number of anilines is 2. The average molecular weight is 344 g/mol. The number of nitrogen functional groups attached to an aromatic ring is 2. The van der Waals surface area contributed by atoms with Gasteiger partial charge < -0.3 is 11.5 Å². The molecule has 0 aromatic heterocycles. The van der Waals surface area contributed by atoms with Crippen LogP contribution in [0.2, 0.25) is 0 Å². The second kappa shape index (κ2) is 5.25. The van der Waals surface area contributed by atoms with Gasteiger partial charge in [-0.25, -0.2) is 0 Å². The molecular weight excluding hydrogens is 332 g/mol. The quantitative estimate of drug-likeness (QED) is 0.474. The summed E-state index contributed by atoms with van der Waals surface area (Å²) in [6.45, 7) is 0. The van der Waals surface area contributed by atoms with Crippen LogP contribution in [-0.2, 0) is 20.2 Å². The molecule has 118 valence electrons. The third kappa shape index (κ3) is 3.04. The van der Waals surface area contributed by atoms with Gasteiger partial charge in [-0.2, -0.15) is 16.8 Å². The van der Waals surface area contributed by atoms with Crippen molar-refractivity contribution in [2.45, 2.75) is 9.79 Å². The Morgan fingerprint density at radius 1 is 0.727 bits per heavy atom. The zero-order valence-electron chi connectivity index (χ0n) is 11.0. The first-order valence-corrected chi connectivity index (χ1v) is 8.63. The molecule has 0 aliphatic heterocycles. The van der Waals surface area contributed by atoms with Gasteiger partial charge in [0.05, 0.1) is 5.69 Å². The molecule has 0 radical (unpaired) electrons. The Bertz CT molecular complexity index is 934. The second-order valence-corrected chi connectivity index (χ2v) is 7.15. The van der Waals surface area contributed by atoms with E-state index < -0.39 is 35.7 Å². The van der Waals surface area contributed by atoms with Crippen molar-refractivity contribution >= 4 is 31.6 Å². The summed E-state index contributed by atoms with van der Waals surface area (Å²) in [6.07, 6.45) is 0. The molecule has 2 aromatic carbocycles. The summed E-state index contributed by atoms with van der Waals surface area (Å²) < 4.78 is 64.7. The fraction of sp³-hybridized carbons (Fsp3) is 0. The van der Waals surface area contributed by atoms with Crippen molar-refractivity contribution in [1.29, 1.82) is 0 Å². The summed E-state index contributed by atoms with van der Waals surface area (Å²) in [5.41, 5.74) is 11.0. The van der Waals surface area contributed by atoms with Crippen molar-refractivity contribution in [3.05, 3.63) is 36.4 Å². The largest absolute Gasteiger partial charge is 0.399 e. The van der Waals surface area contributed by atoms with E-state index in [2.05, 4.69) is 0 Å². The molecule has 0 bridgehead atoms. The molecule has 0 unspecified atom stereocenters. The van der Waals surface area contributed by atoms with Crippen molar-refractivity contribution in [3.63, 3.8) is 0 Å². The maximum atomic E-state index is 11.6. The predicted molar refractivity (Wildman–Crippen MR) is 80.3 cm³/mol. The molecule has 10 heteroatoms. The minimum absolute atomic E-state index is 0.135. The molecule has 0 saturated heterocycles. The lowest BCUT2D eigenvalue weighted by atomic mass is 10.0. The maximum absolute atomic E-state index is 11.6. The average Bonchev–Trinajstić information content (AvgIpc) is 2.37. The second-order valence-electron chi connectivity index (χ2n) is 4.43. The fourth-order valence-corrected chi connectivity index (χ4v) is 4.15. The number of nitrogens with two attached hydrogens (primary N) is 2. The lowest BCUT2D eigenvalue weighted by molar-refractivity contribution is 0.467. The normalized spacial score (nSPS) is 12.3. The van der Waals surface area contributed by atoms with Crippen LogP contribution in [0, 0.1) is 0 Å². The van der Waals surface area contributed by atoms with E-state index >= 15 is 0 Å². The van der Waals surface area contributed by atoms with Crippen molar-refractivity contribution in [3.8, 4) is 11.1 Å². The molecule has 2 rings (SSSR count). The van der Waals surface area contributed by atoms with Gasteiger partial charge in [0.2, 0.25) is 0 Å². The van der Waals surface area contributed by atoms with Crippen LogP contribution in [0.1, 0.15) is 0 Å². The van der Waals surface area contributed by atoms with E-state index in [1.807, 2.05) is 0 Å². The highest BCUT2D eigenvalue weighted by atomic mass is 32.2. The standard InChI is InChI=1S/C12H12N2O6S2/c13-8-3-1-7(2-4-8)9-5-6-10(14)12(22(18,19)20)11(9)21(15,16)17/h1-6H,13-14H2,(H,15,16,17)(H,18,19,20). The van der Waals surface area contributed by atoms with Gasteiger partial charge in [-0.1, -0.05) is 18.2 Å². The molecule has 6 N–H and O–H groups in total. The Hall–Kier alpha value is -2.14. The topological polar surface area (TPSA) is 161 Å². The molecule has 0 aliphatic carbocycles. The zero-order valence-corrected chi connectivity index (χ0v) is 12.6. The number of benzene rings is 2. The molecule has 0 spiro atoms. The van der Waals surface area contributed by atoms with Gasteiger partial charge in [-0.15, -0.1) is 0 Å². The van der Waals surface area contributed by atoms with Crippen molar-refractivity contribution in [1.82, 2.24) is 0 Å². The first kappa shape index (κ1) is 16.2. The van der Waals surface area contributed by atoms with E-state index in [-0.39, 0.29) is 11.1 Å². The molecule has 22 heavy (non-hydrogen) atoms. The highest BCUT2D eigenvalue weighted by Gasteiger charge is 2.30. The first-order valence-electron chi connectivity index (χ1n) is 5.75. The smallest absolute Gasteiger partial charge is 0.298 e. The van der Waals surface area contributed by atoms with E-state index in [1.165, 1.54) is 30.3 Å². The summed E-state index contributed by atoms with van der Waals surface area (Å²) in [7, 11) is -9.95. The third-order valence-corrected chi connectivity index (χ3v) is 4.91. The molecule has 0 saturated carbocycles. The summed E-state index contributed by atoms with van der Waals surface area (Å²) in [4.78, 5) is -2.05. The van der Waals surface area contributed by atoms with Gasteiger partial charge in [0.1, 0.15) is 9.79 Å². The summed E-state index contributed by atoms with van der Waals surface area (Å²) in [5.74, 6) is 0. The van der Waals surface area contributed by atoms with E-state index in [4.69, 9.17) is 11.5 Å². The lowest BCUT2D eigenvalue weighted by Gasteiger charge is -2.13. The third-order valence-electron chi connectivity index (χ3n) is 2.88. The Morgan fingerprint density at radius 2 is 1.23 bits per heavy atom. The molecule has 2 aromatic rings. The van der Waals surface area contributed by atoms with Gasteiger partial charge in [-0.3, -0.25) is 9.11 Å². The fourth-order valence-electron chi connectivity index (χ4n) is 1.99. The van der Waals surface area contributed by atoms with Gasteiger partial charge >= 0.3 is 0 Å². The van der Waals surface area contributed by atoms with Crippen LogP contribution in [0.15, 0.2) is 46.2 Å². The summed E-state index contributed by atoms with van der Waals surface area (Å²) in [6, 6.07) is 8.13. The maximum Gasteiger partial charge on any atom is 0.298 e. The molecule has 0 amide bonds. The zero-order chi connectivity index (χ0) is 16.7. The van der Waals surface area contributed by atoms with Crippen LogP contribution < -0.4 is 11.5 Å². The van der Waals surface area contributed by atoms with Crippen LogP contribution >= 0.6 is 0 Å². The van der Waals surface area contributed by atoms with E-state index in [9.17, 15) is 25.9 Å². The number of hydrogen-bond donors (Lipinski definition) is 4. The van der Waals surface area contributed by atoms with E-state index in [1.54, 1.807) is 0 Å². The van der Waals surface area contributed by atoms with E-state index in [0.717, 1.165) is 6.07 Å². The Morgan fingerprint density at radius 3 is 1.68 bits per heavy atom. The highest BCUT2D eigenvalue weighted by molar-refractivity contribution is 7.89. The van der Waals surface area contributed by atoms with Gasteiger partial charge in [0, 0.05) is 11.3 Å². The highest BCUT2D eigenvalue weighted by Crippen LogP contribution is 2.36. The molecule has 0 atom stereocenters. The van der Waals surface area contributed by atoms with Gasteiger partial charge in [-0.05, 0) is 23.8 Å². The number of hydrogen-bond acceptors (Lipinski definition) is 6. The van der Waals surface area contributed by atoms with Gasteiger partial charge in [0.25, 0.3) is 20.2 Å². The summed E-state index contributed by atoms with van der Waals surface area (Å²) in [5, 5.41) is 0. The van der Waals surface area contributed by atoms with Crippen LogP contribution in [0.3, 0.4) is 0 Å². The molecule has 0 fully saturated rings. The Kier molecular flexibility index (Phi) is 3.87. The molecule has 0 aliphatic rings. The molecular formula is C12H12N2O6S2. The van der Waals surface area contributed by atoms with Gasteiger partial charge in [0.15, 0.2) is 0 Å². The van der Waals surface area contributed by atoms with Crippen molar-refractivity contribution < 1.29 is 25.9 Å². The Labute approximate surface area is 126 Å². The lowest BCUT2D eigenvalue weighted by Crippen LogP contribution is -2.12. The first-order chi connectivity index (χ1) is 10.0. The predicted octanol–water partition coefficient (Wildman–Crippen LogP) is 1.01. The minimum atomic E-state index is -4.98. The monoisotopic (exact) mass is 344 g/mol. The number of rotatable bonds is 3. The Balaban J connectivity index is 2.96. The minimum Gasteiger partial charge on any atom is -0.399 e.